The molecule has 0 heterocycles. The van der Waals surface area contributed by atoms with Crippen molar-refractivity contribution < 1.29 is 19.4 Å². The second-order valence-electron chi connectivity index (χ2n) is 3.01. The largest absolute Gasteiger partial charge is 0.505 e. The summed E-state index contributed by atoms with van der Waals surface area (Å²) < 4.78 is 12.9. The zero-order chi connectivity index (χ0) is 10.7. The third kappa shape index (κ3) is 2.02. The van der Waals surface area contributed by atoms with Crippen LogP contribution in [0.15, 0.2) is 18.2 Å². The molecule has 0 saturated heterocycles. The fraction of sp³-hybridized carbons (Fsp3) is 0.300. The summed E-state index contributed by atoms with van der Waals surface area (Å²) in [6, 6.07) is 3.63. The molecule has 0 spiro atoms. The van der Waals surface area contributed by atoms with E-state index >= 15 is 0 Å². The highest BCUT2D eigenvalue weighted by Crippen LogP contribution is 2.24. The monoisotopic (exact) mass is 198 g/mol. The van der Waals surface area contributed by atoms with Crippen molar-refractivity contribution in [2.45, 2.75) is 19.3 Å². The molecule has 1 aromatic rings. The van der Waals surface area contributed by atoms with E-state index in [0.717, 1.165) is 12.1 Å². The summed E-state index contributed by atoms with van der Waals surface area (Å²) in [5.41, 5.74) is 0.371. The van der Waals surface area contributed by atoms with Gasteiger partial charge in [-0.25, -0.2) is 4.39 Å². The van der Waals surface area contributed by atoms with Crippen molar-refractivity contribution in [3.8, 4) is 5.75 Å². The number of hydrogen-bond donors (Lipinski definition) is 2. The minimum atomic E-state index is -0.988. The van der Waals surface area contributed by atoms with Gasteiger partial charge in [0.05, 0.1) is 5.92 Å². The lowest BCUT2D eigenvalue weighted by molar-refractivity contribution is -0.138. The first-order valence-corrected chi connectivity index (χ1v) is 4.27. The van der Waals surface area contributed by atoms with Crippen LogP contribution in [-0.2, 0) is 4.79 Å². The predicted molar refractivity (Wildman–Crippen MR) is 48.7 cm³/mol. The smallest absolute Gasteiger partial charge is 0.310 e. The Bertz CT molecular complexity index is 349. The van der Waals surface area contributed by atoms with Crippen LogP contribution in [0.1, 0.15) is 24.8 Å². The van der Waals surface area contributed by atoms with Crippen molar-refractivity contribution in [3.63, 3.8) is 0 Å². The molecule has 2 N–H and O–H groups in total. The summed E-state index contributed by atoms with van der Waals surface area (Å²) in [6.07, 6.45) is 0.388. The Morgan fingerprint density at radius 3 is 2.64 bits per heavy atom. The molecular formula is C10H11FO3. The van der Waals surface area contributed by atoms with Crippen LogP contribution in [0.5, 0.6) is 5.75 Å². The number of carboxylic acids is 1. The number of hydrogen-bond acceptors (Lipinski definition) is 2. The standard InChI is InChI=1S/C10H11FO3/c1-2-7(10(13)14)6-3-4-9(12)8(11)5-6/h3-5,7,12H,2H2,1H3,(H,13,14). The van der Waals surface area contributed by atoms with Crippen LogP contribution in [0, 0.1) is 5.82 Å². The highest BCUT2D eigenvalue weighted by Gasteiger charge is 2.18. The lowest BCUT2D eigenvalue weighted by Gasteiger charge is -2.10. The average molecular weight is 198 g/mol. The van der Waals surface area contributed by atoms with Gasteiger partial charge in [0.25, 0.3) is 0 Å². The van der Waals surface area contributed by atoms with Gasteiger partial charge in [0.15, 0.2) is 11.6 Å². The minimum absolute atomic E-state index is 0.371. The number of carboxylic acid groups (broad SMARTS) is 1. The zero-order valence-electron chi connectivity index (χ0n) is 7.70. The van der Waals surface area contributed by atoms with E-state index in [2.05, 4.69) is 0 Å². The molecule has 0 radical (unpaired) electrons. The Hall–Kier alpha value is -1.58. The normalized spacial score (nSPS) is 12.4. The Balaban J connectivity index is 3.06. The van der Waals surface area contributed by atoms with Gasteiger partial charge < -0.3 is 10.2 Å². The molecule has 0 fully saturated rings. The molecule has 1 unspecified atom stereocenters. The summed E-state index contributed by atoms with van der Waals surface area (Å²) in [4.78, 5) is 10.7. The van der Waals surface area contributed by atoms with Gasteiger partial charge in [-0.1, -0.05) is 13.0 Å². The number of aromatic hydroxyl groups is 1. The van der Waals surface area contributed by atoms with Gasteiger partial charge in [-0.3, -0.25) is 4.79 Å². The Kier molecular flexibility index (Phi) is 3.06. The summed E-state index contributed by atoms with van der Waals surface area (Å²) in [5.74, 6) is -2.96. The van der Waals surface area contributed by atoms with Crippen LogP contribution < -0.4 is 0 Å². The van der Waals surface area contributed by atoms with Crippen LogP contribution in [0.25, 0.3) is 0 Å². The van der Waals surface area contributed by atoms with E-state index in [1.165, 1.54) is 6.07 Å². The zero-order valence-corrected chi connectivity index (χ0v) is 7.70. The van der Waals surface area contributed by atoms with Gasteiger partial charge in [-0.15, -0.1) is 0 Å². The summed E-state index contributed by atoms with van der Waals surface area (Å²) in [6.45, 7) is 1.71. The van der Waals surface area contributed by atoms with E-state index in [1.54, 1.807) is 6.92 Å². The molecule has 0 aromatic heterocycles. The number of phenolic OH excluding ortho intramolecular Hbond substituents is 1. The topological polar surface area (TPSA) is 57.5 Å². The van der Waals surface area contributed by atoms with Gasteiger partial charge in [0, 0.05) is 0 Å². The summed E-state index contributed by atoms with van der Waals surface area (Å²) in [7, 11) is 0. The Labute approximate surface area is 80.8 Å². The van der Waals surface area contributed by atoms with Crippen LogP contribution in [0.2, 0.25) is 0 Å². The molecule has 3 nitrogen and oxygen atoms in total. The maximum atomic E-state index is 12.9. The fourth-order valence-electron chi connectivity index (χ4n) is 1.29. The second-order valence-corrected chi connectivity index (χ2v) is 3.01. The van der Waals surface area contributed by atoms with E-state index < -0.39 is 23.5 Å². The van der Waals surface area contributed by atoms with Gasteiger partial charge >= 0.3 is 5.97 Å². The van der Waals surface area contributed by atoms with E-state index in [4.69, 9.17) is 10.2 Å². The second kappa shape index (κ2) is 4.09. The molecule has 76 valence electrons. The summed E-state index contributed by atoms with van der Waals surface area (Å²) >= 11 is 0. The molecule has 0 bridgehead atoms. The van der Waals surface area contributed by atoms with Crippen LogP contribution in [0.3, 0.4) is 0 Å². The first kappa shape index (κ1) is 10.5. The fourth-order valence-corrected chi connectivity index (χ4v) is 1.29. The molecule has 0 aliphatic carbocycles. The maximum Gasteiger partial charge on any atom is 0.310 e. The van der Waals surface area contributed by atoms with Crippen LogP contribution >= 0.6 is 0 Å². The highest BCUT2D eigenvalue weighted by atomic mass is 19.1. The number of benzene rings is 1. The molecule has 0 amide bonds. The van der Waals surface area contributed by atoms with Crippen molar-refractivity contribution in [1.82, 2.24) is 0 Å². The lowest BCUT2D eigenvalue weighted by Crippen LogP contribution is -2.10. The molecule has 0 aliphatic rings. The Morgan fingerprint density at radius 2 is 2.21 bits per heavy atom. The maximum absolute atomic E-state index is 12.9. The molecular weight excluding hydrogens is 187 g/mol. The number of rotatable bonds is 3. The quantitative estimate of drug-likeness (QED) is 0.782. The van der Waals surface area contributed by atoms with Gasteiger partial charge in [0.2, 0.25) is 0 Å². The highest BCUT2D eigenvalue weighted by molar-refractivity contribution is 5.76. The van der Waals surface area contributed by atoms with Crippen molar-refractivity contribution >= 4 is 5.97 Å². The van der Waals surface area contributed by atoms with Crippen LogP contribution in [-0.4, -0.2) is 16.2 Å². The van der Waals surface area contributed by atoms with E-state index in [1.807, 2.05) is 0 Å². The number of aliphatic carboxylic acids is 1. The number of carbonyl (C=O) groups is 1. The first-order chi connectivity index (χ1) is 6.56. The van der Waals surface area contributed by atoms with Crippen molar-refractivity contribution in [3.05, 3.63) is 29.6 Å². The molecule has 1 atom stereocenters. The summed E-state index contributed by atoms with van der Waals surface area (Å²) in [5, 5.41) is 17.7. The number of phenols is 1. The van der Waals surface area contributed by atoms with E-state index in [0.29, 0.717) is 12.0 Å². The predicted octanol–water partition coefficient (Wildman–Crippen LogP) is 2.11. The SMILES string of the molecule is CCC(C(=O)O)c1ccc(O)c(F)c1. The molecule has 0 saturated carbocycles. The minimum Gasteiger partial charge on any atom is -0.505 e. The third-order valence-corrected chi connectivity index (χ3v) is 2.08. The molecule has 1 rings (SSSR count). The first-order valence-electron chi connectivity index (χ1n) is 4.27. The van der Waals surface area contributed by atoms with Gasteiger partial charge in [0.1, 0.15) is 0 Å². The lowest BCUT2D eigenvalue weighted by atomic mass is 9.96. The van der Waals surface area contributed by atoms with Gasteiger partial charge in [-0.05, 0) is 24.1 Å². The average Bonchev–Trinajstić information content (AvgIpc) is 2.11. The number of halogens is 1. The molecule has 0 aliphatic heterocycles. The van der Waals surface area contributed by atoms with E-state index in [9.17, 15) is 9.18 Å². The van der Waals surface area contributed by atoms with E-state index in [-0.39, 0.29) is 0 Å². The van der Waals surface area contributed by atoms with Crippen LogP contribution in [0.4, 0.5) is 4.39 Å². The Morgan fingerprint density at radius 1 is 1.57 bits per heavy atom. The van der Waals surface area contributed by atoms with Crippen molar-refractivity contribution in [1.29, 1.82) is 0 Å². The molecule has 4 heteroatoms. The van der Waals surface area contributed by atoms with Gasteiger partial charge in [-0.2, -0.15) is 0 Å². The molecule has 14 heavy (non-hydrogen) atoms. The third-order valence-electron chi connectivity index (χ3n) is 2.08. The van der Waals surface area contributed by atoms with Crippen molar-refractivity contribution in [2.75, 3.05) is 0 Å². The molecule has 1 aromatic carbocycles. The van der Waals surface area contributed by atoms with Crippen molar-refractivity contribution in [2.24, 2.45) is 0 Å².